The van der Waals surface area contributed by atoms with Crippen molar-refractivity contribution < 1.29 is 14.1 Å². The standard InChI is InChI=1S/C18H27N5O3/c1-5-23-13(2)15(11-19-23)16(24)22-9-6-7-18(12-22,8-10-25-4)17-20-14(3)26-21-17/h11H,5-10,12H2,1-4H3. The molecule has 0 saturated carbocycles. The number of hydrogen-bond donors (Lipinski definition) is 0. The summed E-state index contributed by atoms with van der Waals surface area (Å²) in [7, 11) is 1.68. The third kappa shape index (κ3) is 3.38. The Morgan fingerprint density at radius 1 is 1.42 bits per heavy atom. The molecule has 1 atom stereocenters. The molecule has 2 aromatic heterocycles. The normalized spacial score (nSPS) is 20.5. The van der Waals surface area contributed by atoms with Gasteiger partial charge in [-0.05, 0) is 33.1 Å². The largest absolute Gasteiger partial charge is 0.385 e. The highest BCUT2D eigenvalue weighted by Gasteiger charge is 2.42. The van der Waals surface area contributed by atoms with Gasteiger partial charge in [0.2, 0.25) is 5.89 Å². The zero-order chi connectivity index (χ0) is 18.7. The van der Waals surface area contributed by atoms with Crippen LogP contribution in [-0.4, -0.2) is 57.5 Å². The van der Waals surface area contributed by atoms with Crippen LogP contribution in [0.15, 0.2) is 10.7 Å². The van der Waals surface area contributed by atoms with Gasteiger partial charge in [-0.3, -0.25) is 9.48 Å². The van der Waals surface area contributed by atoms with Gasteiger partial charge >= 0.3 is 0 Å². The van der Waals surface area contributed by atoms with Crippen LogP contribution in [0.25, 0.3) is 0 Å². The van der Waals surface area contributed by atoms with Crippen LogP contribution in [0.2, 0.25) is 0 Å². The molecule has 1 aliphatic heterocycles. The quantitative estimate of drug-likeness (QED) is 0.783. The zero-order valence-electron chi connectivity index (χ0n) is 16.0. The lowest BCUT2D eigenvalue weighted by Gasteiger charge is -2.40. The fourth-order valence-corrected chi connectivity index (χ4v) is 3.76. The van der Waals surface area contributed by atoms with Crippen molar-refractivity contribution >= 4 is 5.91 Å². The second kappa shape index (κ2) is 7.57. The molecule has 142 valence electrons. The summed E-state index contributed by atoms with van der Waals surface area (Å²) < 4.78 is 12.4. The van der Waals surface area contributed by atoms with Crippen molar-refractivity contribution in [3.05, 3.63) is 29.2 Å². The second-order valence-electron chi connectivity index (χ2n) is 6.95. The summed E-state index contributed by atoms with van der Waals surface area (Å²) in [5.41, 5.74) is 1.23. The van der Waals surface area contributed by atoms with E-state index < -0.39 is 0 Å². The predicted octanol–water partition coefficient (Wildman–Crippen LogP) is 2.11. The predicted molar refractivity (Wildman–Crippen MR) is 95.0 cm³/mol. The number of rotatable bonds is 6. The van der Waals surface area contributed by atoms with E-state index in [9.17, 15) is 4.79 Å². The molecule has 1 amide bonds. The van der Waals surface area contributed by atoms with Gasteiger partial charge in [0.25, 0.3) is 5.91 Å². The first-order valence-electron chi connectivity index (χ1n) is 9.12. The van der Waals surface area contributed by atoms with Gasteiger partial charge in [0, 0.05) is 46.0 Å². The van der Waals surface area contributed by atoms with Crippen LogP contribution >= 0.6 is 0 Å². The van der Waals surface area contributed by atoms with Crippen LogP contribution in [0.1, 0.15) is 54.0 Å². The maximum absolute atomic E-state index is 13.1. The molecule has 26 heavy (non-hydrogen) atoms. The molecular formula is C18H27N5O3. The smallest absolute Gasteiger partial charge is 0.257 e. The summed E-state index contributed by atoms with van der Waals surface area (Å²) in [6.07, 6.45) is 4.22. The van der Waals surface area contributed by atoms with E-state index in [-0.39, 0.29) is 11.3 Å². The zero-order valence-corrected chi connectivity index (χ0v) is 16.0. The highest BCUT2D eigenvalue weighted by Crippen LogP contribution is 2.36. The monoisotopic (exact) mass is 361 g/mol. The summed E-state index contributed by atoms with van der Waals surface area (Å²) >= 11 is 0. The van der Waals surface area contributed by atoms with Crippen molar-refractivity contribution in [2.45, 2.75) is 52.0 Å². The first-order valence-corrected chi connectivity index (χ1v) is 9.12. The van der Waals surface area contributed by atoms with E-state index in [1.54, 1.807) is 20.2 Å². The molecule has 1 fully saturated rings. The topological polar surface area (TPSA) is 86.3 Å². The highest BCUT2D eigenvalue weighted by atomic mass is 16.5. The summed E-state index contributed by atoms with van der Waals surface area (Å²) in [4.78, 5) is 19.5. The van der Waals surface area contributed by atoms with E-state index in [0.717, 1.165) is 38.0 Å². The lowest BCUT2D eigenvalue weighted by atomic mass is 9.76. The second-order valence-corrected chi connectivity index (χ2v) is 6.95. The van der Waals surface area contributed by atoms with Crippen LogP contribution in [0.5, 0.6) is 0 Å². The molecule has 0 N–H and O–H groups in total. The van der Waals surface area contributed by atoms with E-state index in [4.69, 9.17) is 9.26 Å². The van der Waals surface area contributed by atoms with Crippen LogP contribution in [0.3, 0.4) is 0 Å². The highest BCUT2D eigenvalue weighted by molar-refractivity contribution is 5.95. The minimum absolute atomic E-state index is 0.0175. The number of carbonyl (C=O) groups excluding carboxylic acids is 1. The Morgan fingerprint density at radius 3 is 2.85 bits per heavy atom. The Hall–Kier alpha value is -2.22. The van der Waals surface area contributed by atoms with Gasteiger partial charge in [-0.2, -0.15) is 10.1 Å². The van der Waals surface area contributed by atoms with Gasteiger partial charge < -0.3 is 14.2 Å². The molecule has 0 bridgehead atoms. The van der Waals surface area contributed by atoms with Crippen LogP contribution in [-0.2, 0) is 16.7 Å². The van der Waals surface area contributed by atoms with Gasteiger partial charge in [-0.1, -0.05) is 5.16 Å². The number of methoxy groups -OCH3 is 1. The first kappa shape index (κ1) is 18.6. The van der Waals surface area contributed by atoms with Crippen LogP contribution < -0.4 is 0 Å². The summed E-state index contributed by atoms with van der Waals surface area (Å²) in [6.45, 7) is 8.36. The Morgan fingerprint density at radius 2 is 2.23 bits per heavy atom. The first-order chi connectivity index (χ1) is 12.5. The Kier molecular flexibility index (Phi) is 5.41. The number of likely N-dealkylation sites (tertiary alicyclic amines) is 1. The molecule has 3 heterocycles. The third-order valence-corrected chi connectivity index (χ3v) is 5.28. The number of ether oxygens (including phenoxy) is 1. The molecule has 1 unspecified atom stereocenters. The van der Waals surface area contributed by atoms with Gasteiger partial charge in [0.1, 0.15) is 0 Å². The number of piperidine rings is 1. The van der Waals surface area contributed by atoms with E-state index in [1.807, 2.05) is 23.4 Å². The van der Waals surface area contributed by atoms with Crippen molar-refractivity contribution in [1.29, 1.82) is 0 Å². The SMILES string of the molecule is CCn1ncc(C(=O)N2CCCC(CCOC)(c3noc(C)n3)C2)c1C. The average Bonchev–Trinajstić information content (AvgIpc) is 3.25. The molecule has 0 spiro atoms. The summed E-state index contributed by atoms with van der Waals surface area (Å²) in [6, 6.07) is 0. The van der Waals surface area contributed by atoms with Crippen LogP contribution in [0, 0.1) is 13.8 Å². The number of aromatic nitrogens is 4. The third-order valence-electron chi connectivity index (χ3n) is 5.28. The Bertz CT molecular complexity index is 769. The average molecular weight is 361 g/mol. The van der Waals surface area contributed by atoms with Crippen molar-refractivity contribution in [2.24, 2.45) is 0 Å². The molecule has 8 heteroatoms. The van der Waals surface area contributed by atoms with Gasteiger partial charge in [-0.15, -0.1) is 0 Å². The van der Waals surface area contributed by atoms with Gasteiger partial charge in [0.15, 0.2) is 5.82 Å². The van der Waals surface area contributed by atoms with E-state index in [1.165, 1.54) is 0 Å². The molecule has 0 radical (unpaired) electrons. The van der Waals surface area contributed by atoms with Crippen molar-refractivity contribution in [2.75, 3.05) is 26.8 Å². The van der Waals surface area contributed by atoms with Crippen LogP contribution in [0.4, 0.5) is 0 Å². The molecule has 1 saturated heterocycles. The van der Waals surface area contributed by atoms with Gasteiger partial charge in [0.05, 0.1) is 17.2 Å². The molecule has 2 aromatic rings. The number of aryl methyl sites for hydroxylation is 2. The fourth-order valence-electron chi connectivity index (χ4n) is 3.76. The molecule has 3 rings (SSSR count). The molecule has 1 aliphatic rings. The Labute approximate surface area is 153 Å². The summed E-state index contributed by atoms with van der Waals surface area (Å²) in [5, 5.41) is 8.48. The number of hydrogen-bond acceptors (Lipinski definition) is 6. The lowest BCUT2D eigenvalue weighted by molar-refractivity contribution is 0.0566. The van der Waals surface area contributed by atoms with E-state index in [0.29, 0.717) is 30.4 Å². The van der Waals surface area contributed by atoms with Crippen molar-refractivity contribution in [3.8, 4) is 0 Å². The number of nitrogens with zero attached hydrogens (tertiary/aromatic N) is 5. The van der Waals surface area contributed by atoms with E-state index >= 15 is 0 Å². The fraction of sp³-hybridized carbons (Fsp3) is 0.667. The minimum atomic E-state index is -0.337. The lowest BCUT2D eigenvalue weighted by Crippen LogP contribution is -2.49. The minimum Gasteiger partial charge on any atom is -0.385 e. The molecule has 8 nitrogen and oxygen atoms in total. The van der Waals surface area contributed by atoms with Crippen molar-refractivity contribution in [1.82, 2.24) is 24.8 Å². The van der Waals surface area contributed by atoms with E-state index in [2.05, 4.69) is 15.2 Å². The summed E-state index contributed by atoms with van der Waals surface area (Å²) in [5.74, 6) is 1.23. The number of amides is 1. The maximum Gasteiger partial charge on any atom is 0.257 e. The van der Waals surface area contributed by atoms with Gasteiger partial charge in [-0.25, -0.2) is 0 Å². The molecular weight excluding hydrogens is 334 g/mol. The van der Waals surface area contributed by atoms with Crippen molar-refractivity contribution in [3.63, 3.8) is 0 Å². The Balaban J connectivity index is 1.87. The number of carbonyl (C=O) groups is 1. The molecule has 0 aliphatic carbocycles. The molecule has 0 aromatic carbocycles. The maximum atomic E-state index is 13.1.